The number of ketones is 1. The third kappa shape index (κ3) is 3.76. The Bertz CT molecular complexity index is 720. The van der Waals surface area contributed by atoms with Crippen LogP contribution < -0.4 is 4.72 Å². The summed E-state index contributed by atoms with van der Waals surface area (Å²) < 4.78 is 27.6. The maximum atomic E-state index is 12.1. The first-order valence-corrected chi connectivity index (χ1v) is 8.87. The van der Waals surface area contributed by atoms with E-state index in [2.05, 4.69) is 20.7 Å². The topological polar surface area (TPSA) is 63.2 Å². The average molecular weight is 374 g/mol. The summed E-state index contributed by atoms with van der Waals surface area (Å²) in [5.41, 5.74) is 0.492. The van der Waals surface area contributed by atoms with Gasteiger partial charge in [0.2, 0.25) is 10.0 Å². The van der Waals surface area contributed by atoms with Crippen molar-refractivity contribution in [1.29, 1.82) is 0 Å². The van der Waals surface area contributed by atoms with Crippen molar-refractivity contribution in [2.24, 2.45) is 0 Å². The van der Waals surface area contributed by atoms with Crippen molar-refractivity contribution in [2.75, 3.05) is 0 Å². The van der Waals surface area contributed by atoms with Crippen LogP contribution in [0.1, 0.15) is 22.2 Å². The Balaban J connectivity index is 2.11. The van der Waals surface area contributed by atoms with Gasteiger partial charge in [0.15, 0.2) is 5.78 Å². The summed E-state index contributed by atoms with van der Waals surface area (Å²) in [6, 6.07) is 7.76. The first-order valence-electron chi connectivity index (χ1n) is 5.72. The molecule has 0 spiro atoms. The van der Waals surface area contributed by atoms with Crippen molar-refractivity contribution < 1.29 is 13.2 Å². The van der Waals surface area contributed by atoms with E-state index in [1.165, 1.54) is 42.5 Å². The van der Waals surface area contributed by atoms with Gasteiger partial charge in [-0.05, 0) is 41.1 Å². The molecule has 1 N–H and O–H groups in total. The largest absolute Gasteiger partial charge is 0.295 e. The molecule has 0 aliphatic rings. The van der Waals surface area contributed by atoms with E-state index in [0.717, 1.165) is 9.35 Å². The van der Waals surface area contributed by atoms with Gasteiger partial charge in [-0.15, -0.1) is 11.3 Å². The lowest BCUT2D eigenvalue weighted by atomic mass is 10.2. The highest BCUT2D eigenvalue weighted by Gasteiger charge is 2.14. The van der Waals surface area contributed by atoms with Gasteiger partial charge in [-0.1, -0.05) is 12.1 Å². The lowest BCUT2D eigenvalue weighted by Crippen LogP contribution is -2.22. The van der Waals surface area contributed by atoms with Crippen LogP contribution in [0.15, 0.2) is 45.1 Å². The maximum Gasteiger partial charge on any atom is 0.240 e. The second-order valence-corrected chi connectivity index (χ2v) is 7.81. The summed E-state index contributed by atoms with van der Waals surface area (Å²) >= 11 is 4.79. The summed E-state index contributed by atoms with van der Waals surface area (Å²) in [5, 5.41) is 1.89. The van der Waals surface area contributed by atoms with Crippen molar-refractivity contribution in [3.63, 3.8) is 0 Å². The van der Waals surface area contributed by atoms with Crippen LogP contribution in [0.25, 0.3) is 0 Å². The number of benzene rings is 1. The molecule has 0 saturated heterocycles. The van der Waals surface area contributed by atoms with Gasteiger partial charge in [-0.3, -0.25) is 4.79 Å². The summed E-state index contributed by atoms with van der Waals surface area (Å²) in [6.07, 6.45) is 0. The van der Waals surface area contributed by atoms with E-state index in [0.29, 0.717) is 5.56 Å². The third-order valence-electron chi connectivity index (χ3n) is 2.63. The number of rotatable bonds is 5. The number of carbonyl (C=O) groups is 1. The molecule has 4 nitrogen and oxygen atoms in total. The smallest absolute Gasteiger partial charge is 0.240 e. The van der Waals surface area contributed by atoms with Gasteiger partial charge >= 0.3 is 0 Å². The molecule has 2 aromatic rings. The lowest BCUT2D eigenvalue weighted by molar-refractivity contribution is 0.101. The molecular formula is C13H12BrNO3S2. The molecule has 1 aromatic heterocycles. The van der Waals surface area contributed by atoms with Crippen LogP contribution in [-0.4, -0.2) is 14.2 Å². The molecule has 1 aromatic carbocycles. The molecule has 0 bridgehead atoms. The average Bonchev–Trinajstić information content (AvgIpc) is 2.82. The minimum Gasteiger partial charge on any atom is -0.295 e. The predicted octanol–water partition coefficient (Wildman–Crippen LogP) is 3.19. The van der Waals surface area contributed by atoms with Gasteiger partial charge < -0.3 is 0 Å². The zero-order chi connectivity index (χ0) is 14.8. The van der Waals surface area contributed by atoms with Gasteiger partial charge in [-0.2, -0.15) is 0 Å². The Morgan fingerprint density at radius 2 is 1.95 bits per heavy atom. The monoisotopic (exact) mass is 373 g/mol. The summed E-state index contributed by atoms with van der Waals surface area (Å²) in [5.74, 6) is -0.0923. The van der Waals surface area contributed by atoms with Crippen LogP contribution in [0, 0.1) is 0 Å². The Hall–Kier alpha value is -1.02. The molecule has 0 aliphatic carbocycles. The van der Waals surface area contributed by atoms with Crippen LogP contribution >= 0.6 is 27.3 Å². The first-order chi connectivity index (χ1) is 9.38. The Morgan fingerprint density at radius 3 is 2.45 bits per heavy atom. The SMILES string of the molecule is CC(=O)c1ccc(S(=O)(=O)NCc2cc(Br)cs2)cc1. The van der Waals surface area contributed by atoms with Crippen LogP contribution in [-0.2, 0) is 16.6 Å². The van der Waals surface area contributed by atoms with Crippen molar-refractivity contribution in [2.45, 2.75) is 18.4 Å². The number of thiophene rings is 1. The van der Waals surface area contributed by atoms with Gasteiger partial charge in [0, 0.05) is 26.8 Å². The number of nitrogens with one attached hydrogen (secondary N) is 1. The van der Waals surface area contributed by atoms with Crippen LogP contribution in [0.2, 0.25) is 0 Å². The van der Waals surface area contributed by atoms with E-state index in [9.17, 15) is 13.2 Å². The van der Waals surface area contributed by atoms with Gasteiger partial charge in [0.05, 0.1) is 4.90 Å². The highest BCUT2D eigenvalue weighted by Crippen LogP contribution is 2.20. The fourth-order valence-electron chi connectivity index (χ4n) is 1.56. The van der Waals surface area contributed by atoms with Crippen LogP contribution in [0.5, 0.6) is 0 Å². The molecule has 7 heteroatoms. The minimum atomic E-state index is -3.56. The number of hydrogen-bond acceptors (Lipinski definition) is 4. The lowest BCUT2D eigenvalue weighted by Gasteiger charge is -2.06. The quantitative estimate of drug-likeness (QED) is 0.818. The normalized spacial score (nSPS) is 11.5. The Morgan fingerprint density at radius 1 is 1.30 bits per heavy atom. The van der Waals surface area contributed by atoms with Gasteiger partial charge in [0.1, 0.15) is 0 Å². The summed E-state index contributed by atoms with van der Waals surface area (Å²) in [4.78, 5) is 12.2. The molecule has 2 rings (SSSR count). The zero-order valence-electron chi connectivity index (χ0n) is 10.6. The molecule has 0 radical (unpaired) electrons. The van der Waals surface area contributed by atoms with Crippen LogP contribution in [0.4, 0.5) is 0 Å². The van der Waals surface area contributed by atoms with Crippen LogP contribution in [0.3, 0.4) is 0 Å². The molecule has 20 heavy (non-hydrogen) atoms. The first kappa shape index (κ1) is 15.4. The minimum absolute atomic E-state index is 0.0923. The maximum absolute atomic E-state index is 12.1. The molecule has 1 heterocycles. The van der Waals surface area contributed by atoms with Gasteiger partial charge in [0.25, 0.3) is 0 Å². The Labute approximate surface area is 130 Å². The molecular weight excluding hydrogens is 362 g/mol. The van der Waals surface area contributed by atoms with Crippen molar-refractivity contribution in [3.05, 3.63) is 50.6 Å². The fraction of sp³-hybridized carbons (Fsp3) is 0.154. The predicted molar refractivity (Wildman–Crippen MR) is 82.5 cm³/mol. The van der Waals surface area contributed by atoms with Crippen molar-refractivity contribution in [1.82, 2.24) is 4.72 Å². The molecule has 0 unspecified atom stereocenters. The summed E-state index contributed by atoms with van der Waals surface area (Å²) in [7, 11) is -3.56. The van der Waals surface area contributed by atoms with E-state index in [-0.39, 0.29) is 17.2 Å². The van der Waals surface area contributed by atoms with E-state index in [1.807, 2.05) is 11.4 Å². The standard InChI is InChI=1S/C13H12BrNO3S2/c1-9(16)10-2-4-13(5-3-10)20(17,18)15-7-12-6-11(14)8-19-12/h2-6,8,15H,7H2,1H3. The number of halogens is 1. The van der Waals surface area contributed by atoms with E-state index < -0.39 is 10.0 Å². The molecule has 0 amide bonds. The van der Waals surface area contributed by atoms with Crippen molar-refractivity contribution >= 4 is 43.1 Å². The number of sulfonamides is 1. The number of hydrogen-bond donors (Lipinski definition) is 1. The molecule has 0 aliphatic heterocycles. The molecule has 106 valence electrons. The third-order valence-corrected chi connectivity index (χ3v) is 5.74. The highest BCUT2D eigenvalue weighted by molar-refractivity contribution is 9.10. The second-order valence-electron chi connectivity index (χ2n) is 4.14. The highest BCUT2D eigenvalue weighted by atomic mass is 79.9. The van der Waals surface area contributed by atoms with E-state index in [4.69, 9.17) is 0 Å². The summed E-state index contributed by atoms with van der Waals surface area (Å²) in [6.45, 7) is 1.68. The molecule has 0 atom stereocenters. The number of Topliss-reactive ketones (excluding diaryl/α,β-unsaturated/α-hetero) is 1. The van der Waals surface area contributed by atoms with E-state index in [1.54, 1.807) is 0 Å². The second kappa shape index (κ2) is 6.17. The fourth-order valence-corrected chi connectivity index (χ4v) is 4.05. The van der Waals surface area contributed by atoms with Crippen molar-refractivity contribution in [3.8, 4) is 0 Å². The number of carbonyl (C=O) groups excluding carboxylic acids is 1. The molecule has 0 fully saturated rings. The Kier molecular flexibility index (Phi) is 4.74. The van der Waals surface area contributed by atoms with Gasteiger partial charge in [-0.25, -0.2) is 13.1 Å². The molecule has 0 saturated carbocycles. The van der Waals surface area contributed by atoms with E-state index >= 15 is 0 Å². The zero-order valence-corrected chi connectivity index (χ0v) is 13.8.